The van der Waals surface area contributed by atoms with Crippen molar-refractivity contribution in [3.63, 3.8) is 0 Å². The molecule has 0 bridgehead atoms. The summed E-state index contributed by atoms with van der Waals surface area (Å²) in [7, 11) is 0. The van der Waals surface area contributed by atoms with Gasteiger partial charge in [0.1, 0.15) is 5.78 Å². The lowest BCUT2D eigenvalue weighted by Gasteiger charge is -2.57. The topological polar surface area (TPSA) is 17.1 Å². The van der Waals surface area contributed by atoms with Gasteiger partial charge in [-0.05, 0) is 31.6 Å². The molecule has 0 amide bonds. The largest absolute Gasteiger partial charge is 0.299 e. The van der Waals surface area contributed by atoms with E-state index in [0.29, 0.717) is 11.7 Å². The van der Waals surface area contributed by atoms with E-state index >= 15 is 0 Å². The van der Waals surface area contributed by atoms with Gasteiger partial charge < -0.3 is 0 Å². The number of hydrogen-bond donors (Lipinski definition) is 0. The maximum absolute atomic E-state index is 12.2. The average Bonchev–Trinajstić information content (AvgIpc) is 2.30. The van der Waals surface area contributed by atoms with Gasteiger partial charge in [-0.25, -0.2) is 0 Å². The minimum absolute atomic E-state index is 0.212. The molecule has 0 radical (unpaired) electrons. The fraction of sp³-hybridized carbons (Fsp3) is 0.923. The molecule has 0 aromatic carbocycles. The summed E-state index contributed by atoms with van der Waals surface area (Å²) in [5, 5.41) is 0. The van der Waals surface area contributed by atoms with Crippen molar-refractivity contribution in [3.8, 4) is 0 Å². The van der Waals surface area contributed by atoms with Crippen molar-refractivity contribution in [3.05, 3.63) is 0 Å². The van der Waals surface area contributed by atoms with Gasteiger partial charge >= 0.3 is 0 Å². The summed E-state index contributed by atoms with van der Waals surface area (Å²) in [5.74, 6) is 1.98. The first-order valence-corrected chi connectivity index (χ1v) is 6.39. The van der Waals surface area contributed by atoms with Gasteiger partial charge in [-0.1, -0.05) is 32.1 Å². The third kappa shape index (κ3) is 0.988. The van der Waals surface area contributed by atoms with Crippen LogP contribution in [0.25, 0.3) is 0 Å². The molecule has 0 heterocycles. The number of hydrogen-bond acceptors (Lipinski definition) is 1. The highest BCUT2D eigenvalue weighted by molar-refractivity contribution is 5.94. The van der Waals surface area contributed by atoms with Crippen molar-refractivity contribution in [2.75, 3.05) is 0 Å². The molecular weight excluding hydrogens is 172 g/mol. The van der Waals surface area contributed by atoms with E-state index < -0.39 is 0 Å². The molecule has 0 aromatic rings. The molecule has 14 heavy (non-hydrogen) atoms. The summed E-state index contributed by atoms with van der Waals surface area (Å²) < 4.78 is 0. The molecule has 1 spiro atoms. The average molecular weight is 192 g/mol. The zero-order valence-corrected chi connectivity index (χ0v) is 8.93. The van der Waals surface area contributed by atoms with Crippen LogP contribution in [0.2, 0.25) is 0 Å². The second kappa shape index (κ2) is 3.08. The van der Waals surface area contributed by atoms with Crippen LogP contribution >= 0.6 is 0 Å². The molecule has 1 nitrogen and oxygen atoms in total. The lowest BCUT2D eigenvalue weighted by molar-refractivity contribution is -0.166. The van der Waals surface area contributed by atoms with Crippen LogP contribution in [0.5, 0.6) is 0 Å². The third-order valence-electron chi connectivity index (χ3n) is 5.05. The van der Waals surface area contributed by atoms with Gasteiger partial charge in [-0.15, -0.1) is 0 Å². The van der Waals surface area contributed by atoms with Crippen molar-refractivity contribution in [2.24, 2.45) is 17.3 Å². The molecule has 1 heteroatoms. The van der Waals surface area contributed by atoms with Gasteiger partial charge in [-0.3, -0.25) is 4.79 Å². The van der Waals surface area contributed by atoms with Crippen LogP contribution < -0.4 is 0 Å². The van der Waals surface area contributed by atoms with Crippen LogP contribution in [0.15, 0.2) is 0 Å². The molecule has 3 fully saturated rings. The zero-order valence-electron chi connectivity index (χ0n) is 8.93. The van der Waals surface area contributed by atoms with Gasteiger partial charge in [0.05, 0.1) is 0 Å². The number of carbonyl (C=O) groups is 1. The number of Topliss-reactive ketones (excluding diaryl/α,β-unsaturated/α-hetero) is 1. The minimum Gasteiger partial charge on any atom is -0.299 e. The lowest BCUT2D eigenvalue weighted by atomic mass is 9.45. The first-order valence-electron chi connectivity index (χ1n) is 6.39. The van der Waals surface area contributed by atoms with Crippen molar-refractivity contribution in [1.29, 1.82) is 0 Å². The second-order valence-corrected chi connectivity index (χ2v) is 5.58. The van der Waals surface area contributed by atoms with Crippen LogP contribution in [0.3, 0.4) is 0 Å². The molecule has 0 N–H and O–H groups in total. The molecule has 2 unspecified atom stereocenters. The number of fused-ring (bicyclic) bond motifs is 2. The van der Waals surface area contributed by atoms with Gasteiger partial charge in [0.15, 0.2) is 0 Å². The fourth-order valence-electron chi connectivity index (χ4n) is 4.36. The summed E-state index contributed by atoms with van der Waals surface area (Å²) >= 11 is 0. The van der Waals surface area contributed by atoms with Crippen molar-refractivity contribution in [1.82, 2.24) is 0 Å². The Kier molecular flexibility index (Phi) is 1.97. The van der Waals surface area contributed by atoms with Crippen molar-refractivity contribution < 1.29 is 4.79 Å². The van der Waals surface area contributed by atoms with Crippen LogP contribution in [0.1, 0.15) is 57.8 Å². The first-order chi connectivity index (χ1) is 6.84. The Labute approximate surface area is 86.3 Å². The van der Waals surface area contributed by atoms with E-state index in [9.17, 15) is 4.79 Å². The molecular formula is C13H20O. The van der Waals surface area contributed by atoms with Crippen LogP contribution in [-0.2, 0) is 4.79 Å². The van der Waals surface area contributed by atoms with Gasteiger partial charge in [0.2, 0.25) is 0 Å². The monoisotopic (exact) mass is 192 g/mol. The molecule has 0 aromatic heterocycles. The summed E-state index contributed by atoms with van der Waals surface area (Å²) in [5.41, 5.74) is 0.212. The van der Waals surface area contributed by atoms with E-state index in [1.807, 2.05) is 0 Å². The van der Waals surface area contributed by atoms with Crippen LogP contribution in [0, 0.1) is 17.3 Å². The summed E-state index contributed by atoms with van der Waals surface area (Å²) in [6.45, 7) is 0. The Morgan fingerprint density at radius 2 is 1.64 bits per heavy atom. The Balaban J connectivity index is 1.82. The molecule has 0 aliphatic heterocycles. The normalized spacial score (nSPS) is 40.4. The summed E-state index contributed by atoms with van der Waals surface area (Å²) in [6.07, 6.45) is 11.7. The second-order valence-electron chi connectivity index (χ2n) is 5.58. The fourth-order valence-corrected chi connectivity index (χ4v) is 4.36. The molecule has 3 aliphatic carbocycles. The summed E-state index contributed by atoms with van der Waals surface area (Å²) in [4.78, 5) is 12.2. The van der Waals surface area contributed by atoms with E-state index in [1.165, 1.54) is 57.8 Å². The van der Waals surface area contributed by atoms with E-state index in [2.05, 4.69) is 0 Å². The Bertz CT molecular complexity index is 250. The standard InChI is InChI=1S/C13H20O/c14-12-10-6-2-3-7-11(10)13(12)8-4-1-5-9-13/h10-11H,1-9H2. The highest BCUT2D eigenvalue weighted by atomic mass is 16.1. The lowest BCUT2D eigenvalue weighted by Crippen LogP contribution is -2.59. The molecule has 0 saturated heterocycles. The first kappa shape index (κ1) is 8.94. The number of ketones is 1. The van der Waals surface area contributed by atoms with Gasteiger partial charge in [-0.2, -0.15) is 0 Å². The SMILES string of the molecule is O=C1C2CCCCC2C12CCCCC2. The van der Waals surface area contributed by atoms with Crippen molar-refractivity contribution >= 4 is 5.78 Å². The minimum atomic E-state index is 0.212. The highest BCUT2D eigenvalue weighted by Crippen LogP contribution is 2.60. The molecule has 3 saturated carbocycles. The quantitative estimate of drug-likeness (QED) is 0.575. The maximum atomic E-state index is 12.2. The number of rotatable bonds is 0. The summed E-state index contributed by atoms with van der Waals surface area (Å²) in [6, 6.07) is 0. The molecule has 3 rings (SSSR count). The number of carbonyl (C=O) groups excluding carboxylic acids is 1. The maximum Gasteiger partial charge on any atom is 0.142 e. The molecule has 3 aliphatic rings. The van der Waals surface area contributed by atoms with Gasteiger partial charge in [0, 0.05) is 11.3 Å². The third-order valence-corrected chi connectivity index (χ3v) is 5.05. The Hall–Kier alpha value is -0.330. The molecule has 2 atom stereocenters. The van der Waals surface area contributed by atoms with Crippen molar-refractivity contribution in [2.45, 2.75) is 57.8 Å². The Morgan fingerprint density at radius 1 is 0.929 bits per heavy atom. The van der Waals surface area contributed by atoms with E-state index in [-0.39, 0.29) is 5.41 Å². The predicted octanol–water partition coefficient (Wildman–Crippen LogP) is 3.33. The zero-order chi connectivity index (χ0) is 9.60. The van der Waals surface area contributed by atoms with E-state index in [0.717, 1.165) is 5.92 Å². The Morgan fingerprint density at radius 3 is 2.43 bits per heavy atom. The predicted molar refractivity (Wildman–Crippen MR) is 56.0 cm³/mol. The van der Waals surface area contributed by atoms with Crippen LogP contribution in [0.4, 0.5) is 0 Å². The van der Waals surface area contributed by atoms with Gasteiger partial charge in [0.25, 0.3) is 0 Å². The molecule has 78 valence electrons. The highest BCUT2D eigenvalue weighted by Gasteiger charge is 2.60. The van der Waals surface area contributed by atoms with E-state index in [1.54, 1.807) is 0 Å². The van der Waals surface area contributed by atoms with E-state index in [4.69, 9.17) is 0 Å². The van der Waals surface area contributed by atoms with Crippen LogP contribution in [-0.4, -0.2) is 5.78 Å². The smallest absolute Gasteiger partial charge is 0.142 e.